The SMILES string of the molecule is C/C=C/c1[nH]c(=O)n(-c2ccccc2)c(=O)c1SC. The molecule has 2 rings (SSSR count). The Morgan fingerprint density at radius 1 is 1.21 bits per heavy atom. The van der Waals surface area contributed by atoms with Crippen LogP contribution >= 0.6 is 11.8 Å². The molecular weight excluding hydrogens is 260 g/mol. The van der Waals surface area contributed by atoms with Gasteiger partial charge in [-0.2, -0.15) is 0 Å². The molecule has 19 heavy (non-hydrogen) atoms. The van der Waals surface area contributed by atoms with Crippen LogP contribution in [0.3, 0.4) is 0 Å². The molecule has 0 saturated heterocycles. The topological polar surface area (TPSA) is 54.9 Å². The third kappa shape index (κ3) is 2.56. The number of nitrogens with zero attached hydrogens (tertiary/aromatic N) is 1. The predicted octanol–water partition coefficient (Wildman–Crippen LogP) is 2.28. The highest BCUT2D eigenvalue weighted by molar-refractivity contribution is 7.98. The highest BCUT2D eigenvalue weighted by Crippen LogP contribution is 2.14. The Morgan fingerprint density at radius 2 is 1.89 bits per heavy atom. The zero-order chi connectivity index (χ0) is 13.8. The Kier molecular flexibility index (Phi) is 4.06. The van der Waals surface area contributed by atoms with Crippen molar-refractivity contribution in [1.29, 1.82) is 0 Å². The molecule has 98 valence electrons. The number of hydrogen-bond donors (Lipinski definition) is 1. The van der Waals surface area contributed by atoms with Crippen molar-refractivity contribution < 1.29 is 0 Å². The first-order valence-corrected chi connectivity index (χ1v) is 7.03. The number of H-pyrrole nitrogens is 1. The minimum Gasteiger partial charge on any atom is -0.306 e. The van der Waals surface area contributed by atoms with Crippen LogP contribution in [0, 0.1) is 0 Å². The minimum absolute atomic E-state index is 0.296. The van der Waals surface area contributed by atoms with Gasteiger partial charge in [-0.1, -0.05) is 24.3 Å². The van der Waals surface area contributed by atoms with Gasteiger partial charge in [-0.3, -0.25) is 4.79 Å². The Morgan fingerprint density at radius 3 is 2.47 bits per heavy atom. The largest absolute Gasteiger partial charge is 0.333 e. The smallest absolute Gasteiger partial charge is 0.306 e. The van der Waals surface area contributed by atoms with E-state index in [0.717, 1.165) is 4.57 Å². The Bertz CT molecular complexity index is 714. The van der Waals surface area contributed by atoms with Gasteiger partial charge in [0.1, 0.15) is 0 Å². The molecule has 4 nitrogen and oxygen atoms in total. The number of rotatable bonds is 3. The van der Waals surface area contributed by atoms with E-state index in [-0.39, 0.29) is 5.56 Å². The molecule has 0 radical (unpaired) electrons. The molecule has 5 heteroatoms. The predicted molar refractivity (Wildman–Crippen MR) is 79.1 cm³/mol. The number of aromatic amines is 1. The average Bonchev–Trinajstić information content (AvgIpc) is 2.40. The van der Waals surface area contributed by atoms with E-state index in [2.05, 4.69) is 4.98 Å². The molecule has 0 unspecified atom stereocenters. The van der Waals surface area contributed by atoms with E-state index in [4.69, 9.17) is 0 Å². The molecule has 0 fully saturated rings. The van der Waals surface area contributed by atoms with Crippen molar-refractivity contribution in [3.05, 3.63) is 62.9 Å². The second kappa shape index (κ2) is 5.75. The maximum Gasteiger partial charge on any atom is 0.333 e. The van der Waals surface area contributed by atoms with E-state index >= 15 is 0 Å². The van der Waals surface area contributed by atoms with Crippen LogP contribution in [-0.4, -0.2) is 15.8 Å². The Hall–Kier alpha value is -2.01. The van der Waals surface area contributed by atoms with Gasteiger partial charge < -0.3 is 4.98 Å². The van der Waals surface area contributed by atoms with Gasteiger partial charge in [-0.05, 0) is 31.4 Å². The van der Waals surface area contributed by atoms with Crippen LogP contribution in [0.5, 0.6) is 0 Å². The fraction of sp³-hybridized carbons (Fsp3) is 0.143. The Balaban J connectivity index is 2.78. The van der Waals surface area contributed by atoms with Gasteiger partial charge in [0.05, 0.1) is 16.3 Å². The zero-order valence-corrected chi connectivity index (χ0v) is 11.5. The summed E-state index contributed by atoms with van der Waals surface area (Å²) in [5, 5.41) is 0. The number of benzene rings is 1. The summed E-state index contributed by atoms with van der Waals surface area (Å²) < 4.78 is 1.15. The fourth-order valence-corrected chi connectivity index (χ4v) is 2.43. The average molecular weight is 274 g/mol. The molecule has 1 N–H and O–H groups in total. The standard InChI is InChI=1S/C14H14N2O2S/c1-3-7-11-12(19-2)13(17)16(14(18)15-11)10-8-5-4-6-9-10/h3-9H,1-2H3,(H,15,18)/b7-3+. The lowest BCUT2D eigenvalue weighted by molar-refractivity contribution is 0.832. The van der Waals surface area contributed by atoms with Crippen LogP contribution < -0.4 is 11.2 Å². The van der Waals surface area contributed by atoms with E-state index < -0.39 is 5.69 Å². The van der Waals surface area contributed by atoms with Gasteiger partial charge in [0.25, 0.3) is 5.56 Å². The van der Waals surface area contributed by atoms with Crippen LogP contribution in [0.25, 0.3) is 11.8 Å². The quantitative estimate of drug-likeness (QED) is 0.874. The van der Waals surface area contributed by atoms with Crippen LogP contribution in [0.2, 0.25) is 0 Å². The summed E-state index contributed by atoms with van der Waals surface area (Å²) in [6.45, 7) is 1.84. The van der Waals surface area contributed by atoms with Crippen molar-refractivity contribution in [1.82, 2.24) is 9.55 Å². The van der Waals surface area contributed by atoms with Crippen molar-refractivity contribution in [3.8, 4) is 5.69 Å². The van der Waals surface area contributed by atoms with E-state index in [1.807, 2.05) is 19.2 Å². The number of allylic oxidation sites excluding steroid dienone is 1. The maximum absolute atomic E-state index is 12.4. The van der Waals surface area contributed by atoms with Gasteiger partial charge >= 0.3 is 5.69 Å². The third-order valence-corrected chi connectivity index (χ3v) is 3.44. The molecule has 1 heterocycles. The van der Waals surface area contributed by atoms with Crippen LogP contribution in [0.15, 0.2) is 50.9 Å². The molecule has 2 aromatic rings. The van der Waals surface area contributed by atoms with Crippen molar-refractivity contribution in [2.75, 3.05) is 6.26 Å². The van der Waals surface area contributed by atoms with Crippen molar-refractivity contribution in [2.45, 2.75) is 11.8 Å². The fourth-order valence-electron chi connectivity index (χ4n) is 1.83. The first-order valence-electron chi connectivity index (χ1n) is 5.80. The molecular formula is C14H14N2O2S. The molecule has 0 atom stereocenters. The van der Waals surface area contributed by atoms with E-state index in [9.17, 15) is 9.59 Å². The van der Waals surface area contributed by atoms with Crippen molar-refractivity contribution in [3.63, 3.8) is 0 Å². The van der Waals surface area contributed by atoms with E-state index in [0.29, 0.717) is 16.3 Å². The summed E-state index contributed by atoms with van der Waals surface area (Å²) in [7, 11) is 0. The number of thioether (sulfide) groups is 1. The first kappa shape index (κ1) is 13.4. The molecule has 0 amide bonds. The lowest BCUT2D eigenvalue weighted by Gasteiger charge is -2.08. The normalized spacial score (nSPS) is 11.1. The molecule has 1 aromatic carbocycles. The van der Waals surface area contributed by atoms with E-state index in [1.165, 1.54) is 11.8 Å². The summed E-state index contributed by atoms with van der Waals surface area (Å²) in [6, 6.07) is 8.89. The summed E-state index contributed by atoms with van der Waals surface area (Å²) in [5.41, 5.74) is 0.394. The van der Waals surface area contributed by atoms with Gasteiger partial charge in [0.2, 0.25) is 0 Å². The summed E-state index contributed by atoms with van der Waals surface area (Å²) in [6.07, 6.45) is 5.33. The maximum atomic E-state index is 12.4. The summed E-state index contributed by atoms with van der Waals surface area (Å²) in [5.74, 6) is 0. The lowest BCUT2D eigenvalue weighted by Crippen LogP contribution is -2.35. The number of para-hydroxylation sites is 1. The van der Waals surface area contributed by atoms with Gasteiger partial charge in [-0.15, -0.1) is 11.8 Å². The molecule has 0 bridgehead atoms. The molecule has 1 aromatic heterocycles. The van der Waals surface area contributed by atoms with Crippen LogP contribution in [-0.2, 0) is 0 Å². The molecule has 0 aliphatic heterocycles. The van der Waals surface area contributed by atoms with Gasteiger partial charge in [-0.25, -0.2) is 9.36 Å². The van der Waals surface area contributed by atoms with Crippen molar-refractivity contribution in [2.24, 2.45) is 0 Å². The lowest BCUT2D eigenvalue weighted by atomic mass is 10.3. The number of aromatic nitrogens is 2. The zero-order valence-electron chi connectivity index (χ0n) is 10.7. The highest BCUT2D eigenvalue weighted by atomic mass is 32.2. The minimum atomic E-state index is -0.429. The molecule has 0 spiro atoms. The molecule has 0 saturated carbocycles. The molecule has 0 aliphatic rings. The van der Waals surface area contributed by atoms with Crippen LogP contribution in [0.4, 0.5) is 0 Å². The highest BCUT2D eigenvalue weighted by Gasteiger charge is 2.12. The number of nitrogens with one attached hydrogen (secondary N) is 1. The molecule has 0 aliphatic carbocycles. The number of hydrogen-bond acceptors (Lipinski definition) is 3. The second-order valence-electron chi connectivity index (χ2n) is 3.85. The van der Waals surface area contributed by atoms with Crippen molar-refractivity contribution >= 4 is 17.8 Å². The Labute approximate surface area is 114 Å². The first-order chi connectivity index (χ1) is 9.19. The van der Waals surface area contributed by atoms with Gasteiger partial charge in [0.15, 0.2) is 0 Å². The van der Waals surface area contributed by atoms with E-state index in [1.54, 1.807) is 36.4 Å². The monoisotopic (exact) mass is 274 g/mol. The summed E-state index contributed by atoms with van der Waals surface area (Å²) in [4.78, 5) is 27.7. The second-order valence-corrected chi connectivity index (χ2v) is 4.67. The summed E-state index contributed by atoms with van der Waals surface area (Å²) >= 11 is 1.32. The third-order valence-electron chi connectivity index (χ3n) is 2.64. The van der Waals surface area contributed by atoms with Gasteiger partial charge in [0, 0.05) is 0 Å². The van der Waals surface area contributed by atoms with Crippen LogP contribution in [0.1, 0.15) is 12.6 Å².